The van der Waals surface area contributed by atoms with Crippen LogP contribution in [0.1, 0.15) is 64.2 Å². The average Bonchev–Trinajstić information content (AvgIpc) is 3.14. The Morgan fingerprint density at radius 2 is 0.677 bits per heavy atom. The zero-order valence-corrected chi connectivity index (χ0v) is 51.4. The predicted molar refractivity (Wildman–Crippen MR) is 212 cm³/mol. The Morgan fingerprint density at radius 1 is 0.387 bits per heavy atom. The molecule has 0 aromatic rings. The Labute approximate surface area is 499 Å². The standard InChI is InChI=1S/C36H62O16S5.5Na/c37-28(38)6-21-53-16-1-11-47-26-27-33(48-12-2-17-54-22-7-29(39)40)34(49-13-3-18-55-23-8-30(41)42)35(50-14-4-19-56-24-9-31(43)44)36(52-27)51-15-5-20-57-25-10-32(45)46;;;;;/h27,33-36H,1-26H2,(H,37,38)(H,39,40)(H,41,42)(H,43,44)(H,45,46);;;;;/q;5*+1/p-5/t27-,33-,34+,35-,36-;;;;;/m1...../s1. The van der Waals surface area contributed by atoms with Gasteiger partial charge in [0.15, 0.2) is 6.29 Å². The van der Waals surface area contributed by atoms with Crippen molar-refractivity contribution < 1.29 is 226 Å². The second-order valence-corrected chi connectivity index (χ2v) is 18.6. The first-order valence-electron chi connectivity index (χ1n) is 19.1. The Hall–Kier alpha value is 3.86. The number of ether oxygens (including phenoxy) is 6. The van der Waals surface area contributed by atoms with Crippen molar-refractivity contribution in [3.8, 4) is 0 Å². The molecule has 0 N–H and O–H groups in total. The molecule has 0 aliphatic carbocycles. The molecule has 0 bridgehead atoms. The largest absolute Gasteiger partial charge is 1.00 e. The van der Waals surface area contributed by atoms with E-state index in [1.165, 1.54) is 58.8 Å². The SMILES string of the molecule is O=C([O-])CCSCCCOC[C@H]1O[C@@H](OCCCSCCC(=O)[O-])[C@H](OCCCSCCC(=O)[O-])[C@@H](OCCCSCCC(=O)[O-])[C@@H]1OCCCSCCC(=O)[O-].[Na+].[Na+].[Na+].[Na+].[Na+]. The Balaban J connectivity index is -0.00000217. The fraction of sp³-hybridized carbons (Fsp3) is 0.861. The van der Waals surface area contributed by atoms with Gasteiger partial charge in [-0.15, -0.1) is 0 Å². The van der Waals surface area contributed by atoms with Gasteiger partial charge in [0.2, 0.25) is 0 Å². The van der Waals surface area contributed by atoms with Gasteiger partial charge in [-0.05, 0) is 122 Å². The van der Waals surface area contributed by atoms with E-state index in [0.29, 0.717) is 109 Å². The fourth-order valence-electron chi connectivity index (χ4n) is 4.97. The number of carboxylic acids is 5. The number of hydrogen-bond acceptors (Lipinski definition) is 21. The average molecular weight is 1020 g/mol. The van der Waals surface area contributed by atoms with Crippen LogP contribution in [-0.2, 0) is 52.4 Å². The molecule has 1 heterocycles. The summed E-state index contributed by atoms with van der Waals surface area (Å²) >= 11 is 7.38. The molecule has 1 rings (SSSR count). The number of aliphatic carboxylic acids is 5. The van der Waals surface area contributed by atoms with E-state index in [2.05, 4.69) is 0 Å². The van der Waals surface area contributed by atoms with Crippen molar-refractivity contribution in [2.24, 2.45) is 0 Å². The van der Waals surface area contributed by atoms with Crippen LogP contribution in [0.4, 0.5) is 0 Å². The molecule has 1 saturated heterocycles. The molecular formula is C36H57Na5O16S5. The summed E-state index contributed by atoms with van der Waals surface area (Å²) in [6, 6.07) is 0. The predicted octanol–water partition coefficient (Wildman–Crippen LogP) is -16.8. The second kappa shape index (κ2) is 52.7. The quantitative estimate of drug-likeness (QED) is 0.0407. The molecule has 0 aromatic heterocycles. The maximum atomic E-state index is 10.8. The Kier molecular flexibility index (Phi) is 63.6. The smallest absolute Gasteiger partial charge is 0.550 e. The molecule has 1 aliphatic rings. The van der Waals surface area contributed by atoms with Crippen molar-refractivity contribution in [2.75, 3.05) is 97.2 Å². The molecule has 0 unspecified atom stereocenters. The van der Waals surface area contributed by atoms with Gasteiger partial charge in [0, 0.05) is 56.3 Å². The van der Waals surface area contributed by atoms with Gasteiger partial charge >= 0.3 is 148 Å². The van der Waals surface area contributed by atoms with Gasteiger partial charge in [-0.1, -0.05) is 0 Å². The van der Waals surface area contributed by atoms with Crippen LogP contribution in [0, 0.1) is 0 Å². The van der Waals surface area contributed by atoms with E-state index >= 15 is 0 Å². The monoisotopic (exact) mass is 1020 g/mol. The van der Waals surface area contributed by atoms with Crippen LogP contribution in [0.2, 0.25) is 0 Å². The topological polar surface area (TPSA) is 256 Å². The molecule has 0 amide bonds. The van der Waals surface area contributed by atoms with Crippen molar-refractivity contribution in [1.29, 1.82) is 0 Å². The molecule has 0 saturated carbocycles. The normalized spacial score (nSPS) is 17.8. The summed E-state index contributed by atoms with van der Waals surface area (Å²) in [4.78, 5) is 53.9. The van der Waals surface area contributed by atoms with Crippen LogP contribution >= 0.6 is 58.8 Å². The van der Waals surface area contributed by atoms with Gasteiger partial charge in [-0.25, -0.2) is 0 Å². The van der Waals surface area contributed by atoms with E-state index in [0.717, 1.165) is 0 Å². The van der Waals surface area contributed by atoms with Crippen LogP contribution < -0.4 is 173 Å². The number of carbonyl (C=O) groups is 5. The summed E-state index contributed by atoms with van der Waals surface area (Å²) in [6.45, 7) is 1.64. The molecule has 0 aromatic carbocycles. The van der Waals surface area contributed by atoms with Crippen LogP contribution in [0.15, 0.2) is 0 Å². The van der Waals surface area contributed by atoms with Crippen molar-refractivity contribution >= 4 is 88.7 Å². The first-order valence-corrected chi connectivity index (χ1v) is 24.9. The summed E-state index contributed by atoms with van der Waals surface area (Å²) in [5.41, 5.74) is 0. The second-order valence-electron chi connectivity index (χ2n) is 12.4. The van der Waals surface area contributed by atoms with Gasteiger partial charge in [0.1, 0.15) is 24.4 Å². The van der Waals surface area contributed by atoms with Crippen LogP contribution in [0.3, 0.4) is 0 Å². The van der Waals surface area contributed by atoms with E-state index < -0.39 is 60.6 Å². The number of rotatable bonds is 41. The number of carboxylic acid groups (broad SMARTS) is 5. The molecular weight excluding hydrogens is 964 g/mol. The van der Waals surface area contributed by atoms with Crippen molar-refractivity contribution in [1.82, 2.24) is 0 Å². The maximum absolute atomic E-state index is 10.8. The third-order valence-electron chi connectivity index (χ3n) is 7.65. The third-order valence-corrected chi connectivity index (χ3v) is 13.0. The number of hydrogen-bond donors (Lipinski definition) is 0. The summed E-state index contributed by atoms with van der Waals surface area (Å²) in [5, 5.41) is 53.9. The molecule has 16 nitrogen and oxygen atoms in total. The first kappa shape index (κ1) is 74.8. The van der Waals surface area contributed by atoms with E-state index in [1.807, 2.05) is 0 Å². The molecule has 1 fully saturated rings. The summed E-state index contributed by atoms with van der Waals surface area (Å²) < 4.78 is 38.3. The van der Waals surface area contributed by atoms with Gasteiger partial charge in [-0.3, -0.25) is 0 Å². The minimum Gasteiger partial charge on any atom is -0.550 e. The summed E-state index contributed by atoms with van der Waals surface area (Å²) in [7, 11) is 0. The van der Waals surface area contributed by atoms with Gasteiger partial charge in [0.25, 0.3) is 0 Å². The minimum atomic E-state index is -1.11. The molecule has 0 spiro atoms. The van der Waals surface area contributed by atoms with E-state index in [9.17, 15) is 49.5 Å². The third kappa shape index (κ3) is 45.0. The molecule has 0 radical (unpaired) electrons. The number of thioether (sulfide) groups is 5. The first-order chi connectivity index (χ1) is 27.5. The molecule has 62 heavy (non-hydrogen) atoms. The van der Waals surface area contributed by atoms with Crippen LogP contribution in [0.25, 0.3) is 0 Å². The summed E-state index contributed by atoms with van der Waals surface area (Å²) in [6.07, 6.45) is -0.854. The van der Waals surface area contributed by atoms with E-state index in [4.69, 9.17) is 28.4 Å². The van der Waals surface area contributed by atoms with Crippen molar-refractivity contribution in [3.63, 3.8) is 0 Å². The zero-order valence-electron chi connectivity index (χ0n) is 37.3. The number of carbonyl (C=O) groups excluding carboxylic acids is 5. The van der Waals surface area contributed by atoms with E-state index in [1.54, 1.807) is 0 Å². The van der Waals surface area contributed by atoms with Crippen molar-refractivity contribution in [3.05, 3.63) is 0 Å². The molecule has 1 aliphatic heterocycles. The molecule has 26 heteroatoms. The fourth-order valence-corrected chi connectivity index (χ4v) is 9.15. The molecule has 332 valence electrons. The van der Waals surface area contributed by atoms with Gasteiger partial charge in [-0.2, -0.15) is 58.8 Å². The van der Waals surface area contributed by atoms with Crippen LogP contribution in [-0.4, -0.2) is 158 Å². The summed E-state index contributed by atoms with van der Waals surface area (Å²) in [5.74, 6) is -0.172. The van der Waals surface area contributed by atoms with E-state index in [-0.39, 0.29) is 200 Å². The van der Waals surface area contributed by atoms with Crippen molar-refractivity contribution in [2.45, 2.75) is 94.9 Å². The Morgan fingerprint density at radius 3 is 1.02 bits per heavy atom. The van der Waals surface area contributed by atoms with Gasteiger partial charge in [0.05, 0.1) is 13.2 Å². The minimum absolute atomic E-state index is 0. The maximum Gasteiger partial charge on any atom is 1.00 e. The van der Waals surface area contributed by atoms with Crippen LogP contribution in [0.5, 0.6) is 0 Å². The molecule has 5 atom stereocenters. The zero-order chi connectivity index (χ0) is 41.9. The van der Waals surface area contributed by atoms with Gasteiger partial charge < -0.3 is 77.9 Å². The Bertz CT molecular complexity index is 1120.